The van der Waals surface area contributed by atoms with Crippen molar-refractivity contribution in [2.75, 3.05) is 18.4 Å². The molecule has 2 N–H and O–H groups in total. The molecule has 0 saturated heterocycles. The van der Waals surface area contributed by atoms with Gasteiger partial charge in [-0.25, -0.2) is 9.97 Å². The third-order valence-corrected chi connectivity index (χ3v) is 3.13. The van der Waals surface area contributed by atoms with Crippen LogP contribution in [0.2, 0.25) is 5.02 Å². The Balaban J connectivity index is 1.71. The molecule has 0 fully saturated rings. The molecular weight excluding hydrogens is 272 g/mol. The molecule has 2 rings (SSSR count). The van der Waals surface area contributed by atoms with Gasteiger partial charge in [0.15, 0.2) is 0 Å². The zero-order valence-corrected chi connectivity index (χ0v) is 12.3. The minimum absolute atomic E-state index is 0.678. The van der Waals surface area contributed by atoms with E-state index in [1.54, 1.807) is 0 Å². The van der Waals surface area contributed by atoms with Crippen LogP contribution in [0, 0.1) is 0 Å². The Morgan fingerprint density at radius 1 is 1.05 bits per heavy atom. The summed E-state index contributed by atoms with van der Waals surface area (Å²) >= 11 is 5.85. The molecule has 0 bridgehead atoms. The van der Waals surface area contributed by atoms with Crippen molar-refractivity contribution >= 4 is 17.5 Å². The summed E-state index contributed by atoms with van der Waals surface area (Å²) < 4.78 is 0. The summed E-state index contributed by atoms with van der Waals surface area (Å²) in [6, 6.07) is 7.95. The first-order valence-corrected chi connectivity index (χ1v) is 7.15. The van der Waals surface area contributed by atoms with E-state index in [1.165, 1.54) is 5.56 Å². The Morgan fingerprint density at radius 2 is 1.75 bits per heavy atom. The second-order valence-corrected chi connectivity index (χ2v) is 4.93. The third-order valence-electron chi connectivity index (χ3n) is 2.87. The smallest absolute Gasteiger partial charge is 0.222 e. The van der Waals surface area contributed by atoms with Crippen molar-refractivity contribution in [3.8, 4) is 0 Å². The van der Waals surface area contributed by atoms with Crippen molar-refractivity contribution in [3.05, 3.63) is 52.8 Å². The molecule has 0 saturated carbocycles. The van der Waals surface area contributed by atoms with Gasteiger partial charge in [0.05, 0.1) is 0 Å². The highest BCUT2D eigenvalue weighted by Crippen LogP contribution is 2.09. The quantitative estimate of drug-likeness (QED) is 0.770. The van der Waals surface area contributed by atoms with Crippen LogP contribution in [0.5, 0.6) is 0 Å². The molecule has 0 aliphatic rings. The lowest BCUT2D eigenvalue weighted by Crippen LogP contribution is -2.17. The monoisotopic (exact) mass is 290 g/mol. The van der Waals surface area contributed by atoms with E-state index < -0.39 is 0 Å². The van der Waals surface area contributed by atoms with Crippen LogP contribution in [0.25, 0.3) is 0 Å². The summed E-state index contributed by atoms with van der Waals surface area (Å²) in [6.07, 6.45) is 4.67. The molecule has 0 spiro atoms. The van der Waals surface area contributed by atoms with Crippen LogP contribution in [-0.4, -0.2) is 23.1 Å². The molecule has 20 heavy (non-hydrogen) atoms. The maximum atomic E-state index is 5.85. The predicted octanol–water partition coefficient (Wildman–Crippen LogP) is 2.89. The summed E-state index contributed by atoms with van der Waals surface area (Å²) in [5.74, 6) is 0.678. The molecule has 0 radical (unpaired) electrons. The largest absolute Gasteiger partial charge is 0.355 e. The number of aromatic nitrogens is 2. The lowest BCUT2D eigenvalue weighted by atomic mass is 10.1. The van der Waals surface area contributed by atoms with Gasteiger partial charge < -0.3 is 10.6 Å². The molecule has 1 heterocycles. The van der Waals surface area contributed by atoms with E-state index in [0.29, 0.717) is 5.95 Å². The molecule has 1 aromatic heterocycles. The van der Waals surface area contributed by atoms with Crippen LogP contribution in [-0.2, 0) is 13.0 Å². The highest BCUT2D eigenvalue weighted by molar-refractivity contribution is 6.30. The zero-order valence-electron chi connectivity index (χ0n) is 11.6. The van der Waals surface area contributed by atoms with Gasteiger partial charge in [0.25, 0.3) is 0 Å². The molecule has 0 atom stereocenters. The predicted molar refractivity (Wildman–Crippen MR) is 83.1 cm³/mol. The Kier molecular flexibility index (Phi) is 5.77. The van der Waals surface area contributed by atoms with Gasteiger partial charge in [0.1, 0.15) is 0 Å². The molecule has 2 aromatic rings. The second kappa shape index (κ2) is 7.82. The molecule has 0 aliphatic heterocycles. The SMILES string of the molecule is CCNc1ncc(CNCCc2ccc(Cl)cc2)cn1. The van der Waals surface area contributed by atoms with Gasteiger partial charge in [-0.15, -0.1) is 0 Å². The van der Waals surface area contributed by atoms with E-state index >= 15 is 0 Å². The Bertz CT molecular complexity index is 510. The number of hydrogen-bond acceptors (Lipinski definition) is 4. The first kappa shape index (κ1) is 14.8. The average Bonchev–Trinajstić information content (AvgIpc) is 2.47. The summed E-state index contributed by atoms with van der Waals surface area (Å²) in [5, 5.41) is 7.23. The number of hydrogen-bond donors (Lipinski definition) is 2. The lowest BCUT2D eigenvalue weighted by molar-refractivity contribution is 0.683. The van der Waals surface area contributed by atoms with Crippen LogP contribution in [0.15, 0.2) is 36.7 Å². The van der Waals surface area contributed by atoms with E-state index in [9.17, 15) is 0 Å². The second-order valence-electron chi connectivity index (χ2n) is 4.50. The topological polar surface area (TPSA) is 49.8 Å². The van der Waals surface area contributed by atoms with Crippen LogP contribution >= 0.6 is 11.6 Å². The van der Waals surface area contributed by atoms with Crippen molar-refractivity contribution < 1.29 is 0 Å². The lowest BCUT2D eigenvalue weighted by Gasteiger charge is -2.06. The molecular formula is C15H19ClN4. The van der Waals surface area contributed by atoms with Gasteiger partial charge in [-0.3, -0.25) is 0 Å². The van der Waals surface area contributed by atoms with E-state index in [0.717, 1.165) is 36.6 Å². The number of benzene rings is 1. The summed E-state index contributed by atoms with van der Waals surface area (Å²) in [7, 11) is 0. The normalized spacial score (nSPS) is 10.5. The van der Waals surface area contributed by atoms with Gasteiger partial charge in [0, 0.05) is 36.1 Å². The number of halogens is 1. The van der Waals surface area contributed by atoms with E-state index in [-0.39, 0.29) is 0 Å². The zero-order chi connectivity index (χ0) is 14.2. The van der Waals surface area contributed by atoms with Gasteiger partial charge in [0.2, 0.25) is 5.95 Å². The number of rotatable bonds is 7. The fraction of sp³-hybridized carbons (Fsp3) is 0.333. The Morgan fingerprint density at radius 3 is 2.40 bits per heavy atom. The molecule has 0 unspecified atom stereocenters. The van der Waals surface area contributed by atoms with Gasteiger partial charge in [-0.05, 0) is 37.6 Å². The van der Waals surface area contributed by atoms with Crippen molar-refractivity contribution in [2.24, 2.45) is 0 Å². The van der Waals surface area contributed by atoms with Crippen molar-refractivity contribution in [1.82, 2.24) is 15.3 Å². The Hall–Kier alpha value is -1.65. The molecule has 1 aromatic carbocycles. The van der Waals surface area contributed by atoms with E-state index in [1.807, 2.05) is 31.5 Å². The summed E-state index contributed by atoms with van der Waals surface area (Å²) in [5.41, 5.74) is 2.36. The van der Waals surface area contributed by atoms with Crippen LogP contribution in [0.1, 0.15) is 18.1 Å². The van der Waals surface area contributed by atoms with E-state index in [2.05, 4.69) is 32.7 Å². The summed E-state index contributed by atoms with van der Waals surface area (Å²) in [6.45, 7) is 4.55. The summed E-state index contributed by atoms with van der Waals surface area (Å²) in [4.78, 5) is 8.48. The minimum Gasteiger partial charge on any atom is -0.355 e. The molecule has 5 heteroatoms. The fourth-order valence-corrected chi connectivity index (χ4v) is 1.94. The van der Waals surface area contributed by atoms with Crippen molar-refractivity contribution in [1.29, 1.82) is 0 Å². The third kappa shape index (κ3) is 4.79. The number of anilines is 1. The average molecular weight is 291 g/mol. The first-order valence-electron chi connectivity index (χ1n) is 6.78. The van der Waals surface area contributed by atoms with Crippen LogP contribution < -0.4 is 10.6 Å². The van der Waals surface area contributed by atoms with Crippen LogP contribution in [0.4, 0.5) is 5.95 Å². The van der Waals surface area contributed by atoms with Crippen molar-refractivity contribution in [3.63, 3.8) is 0 Å². The molecule has 4 nitrogen and oxygen atoms in total. The first-order chi connectivity index (χ1) is 9.78. The molecule has 106 valence electrons. The standard InChI is InChI=1S/C15H19ClN4/c1-2-18-15-19-10-13(11-20-15)9-17-8-7-12-3-5-14(16)6-4-12/h3-6,10-11,17H,2,7-9H2,1H3,(H,18,19,20). The number of nitrogens with one attached hydrogen (secondary N) is 2. The maximum Gasteiger partial charge on any atom is 0.222 e. The maximum absolute atomic E-state index is 5.85. The Labute approximate surface area is 124 Å². The highest BCUT2D eigenvalue weighted by Gasteiger charge is 1.97. The van der Waals surface area contributed by atoms with Crippen molar-refractivity contribution in [2.45, 2.75) is 19.9 Å². The van der Waals surface area contributed by atoms with Gasteiger partial charge in [-0.1, -0.05) is 23.7 Å². The number of nitrogens with zero attached hydrogens (tertiary/aromatic N) is 2. The molecule has 0 aliphatic carbocycles. The van der Waals surface area contributed by atoms with Gasteiger partial charge >= 0.3 is 0 Å². The van der Waals surface area contributed by atoms with Gasteiger partial charge in [-0.2, -0.15) is 0 Å². The van der Waals surface area contributed by atoms with E-state index in [4.69, 9.17) is 11.6 Å². The highest BCUT2D eigenvalue weighted by atomic mass is 35.5. The molecule has 0 amide bonds. The fourth-order valence-electron chi connectivity index (χ4n) is 1.81. The van der Waals surface area contributed by atoms with Crippen LogP contribution in [0.3, 0.4) is 0 Å². The minimum atomic E-state index is 0.678.